The predicted molar refractivity (Wildman–Crippen MR) is 42.7 cm³/mol. The number of aromatic amines is 2. The normalized spacial score (nSPS) is 11.8. The van der Waals surface area contributed by atoms with Crippen molar-refractivity contribution in [1.82, 2.24) is 9.97 Å². The van der Waals surface area contributed by atoms with E-state index in [1.54, 1.807) is 6.20 Å². The van der Waals surface area contributed by atoms with Gasteiger partial charge in [-0.15, -0.1) is 0 Å². The van der Waals surface area contributed by atoms with Crippen LogP contribution in [0.3, 0.4) is 0 Å². The van der Waals surface area contributed by atoms with Gasteiger partial charge in [0.05, 0.1) is 5.97 Å². The van der Waals surface area contributed by atoms with Gasteiger partial charge in [-0.2, -0.15) is 0 Å². The van der Waals surface area contributed by atoms with Crippen LogP contribution >= 0.6 is 12.2 Å². The molecule has 13 heavy (non-hydrogen) atoms. The van der Waals surface area contributed by atoms with Gasteiger partial charge < -0.3 is 25.6 Å². The first-order valence-corrected chi connectivity index (χ1v) is 3.73. The molecule has 66 valence electrons. The Morgan fingerprint density at radius 1 is 1.77 bits per heavy atom. The number of imidazole rings is 1. The molecule has 0 saturated heterocycles. The number of aromatic nitrogens is 2. The monoisotopic (exact) mass is 193 g/mol. The Balaban J connectivity index is 0.00000144. The third-order valence-corrected chi connectivity index (χ3v) is 1.61. The van der Waals surface area contributed by atoms with E-state index in [-0.39, 0.29) is 25.3 Å². The number of carbonyl (C=O) groups excluding carboxylic acids is 1. The molecule has 1 atom stereocenters. The Hall–Kier alpha value is -0.543. The first-order valence-electron chi connectivity index (χ1n) is 3.32. The van der Waals surface area contributed by atoms with E-state index in [0.29, 0.717) is 10.5 Å². The Morgan fingerprint density at radius 2 is 2.38 bits per heavy atom. The number of nitrogens with two attached hydrogens (primary N) is 1. The molecule has 0 spiro atoms. The van der Waals surface area contributed by atoms with Crippen molar-refractivity contribution in [3.63, 3.8) is 0 Å². The number of hydrogen-bond donors (Lipinski definition) is 3. The van der Waals surface area contributed by atoms with Crippen LogP contribution in [0.1, 0.15) is 5.69 Å². The topological polar surface area (TPSA) is 97.7 Å². The molecule has 0 aliphatic heterocycles. The van der Waals surface area contributed by atoms with E-state index in [2.05, 4.69) is 9.97 Å². The van der Waals surface area contributed by atoms with Crippen molar-refractivity contribution in [1.29, 1.82) is 0 Å². The number of carboxylic acids is 1. The van der Waals surface area contributed by atoms with Gasteiger partial charge in [0.1, 0.15) is 0 Å². The Kier molecular flexibility index (Phi) is 5.03. The molecule has 0 saturated carbocycles. The zero-order valence-electron chi connectivity index (χ0n) is 7.16. The quantitative estimate of drug-likeness (QED) is 0.334. The van der Waals surface area contributed by atoms with Crippen LogP contribution in [0.25, 0.3) is 0 Å². The Labute approximate surface area is 91.9 Å². The summed E-state index contributed by atoms with van der Waals surface area (Å²) < 4.78 is 0.454. The summed E-state index contributed by atoms with van der Waals surface area (Å²) >= 11 is 4.74. The number of H-pyrrole nitrogens is 2. The van der Waals surface area contributed by atoms with E-state index < -0.39 is 12.0 Å². The van der Waals surface area contributed by atoms with Gasteiger partial charge in [-0.05, 0) is 12.2 Å². The molecule has 5 nitrogen and oxygen atoms in total. The molecule has 7 heteroatoms. The molecule has 1 unspecified atom stereocenters. The zero-order chi connectivity index (χ0) is 9.14. The predicted octanol–water partition coefficient (Wildman–Crippen LogP) is -4.30. The van der Waals surface area contributed by atoms with Crippen molar-refractivity contribution < 1.29 is 28.8 Å². The molecule has 0 aromatic carbocycles. The Morgan fingerprint density at radius 3 is 2.77 bits per heavy atom. The molecule has 0 fully saturated rings. The molecule has 1 rings (SSSR count). The van der Waals surface area contributed by atoms with Crippen LogP contribution in [0.5, 0.6) is 0 Å². The minimum absolute atomic E-state index is 0. The van der Waals surface area contributed by atoms with Crippen LogP contribution in [-0.4, -0.2) is 22.0 Å². The van der Waals surface area contributed by atoms with E-state index in [0.717, 1.165) is 0 Å². The second-order valence-electron chi connectivity index (χ2n) is 2.40. The van der Waals surface area contributed by atoms with E-state index in [4.69, 9.17) is 18.0 Å². The van der Waals surface area contributed by atoms with Crippen molar-refractivity contribution in [3.8, 4) is 0 Å². The van der Waals surface area contributed by atoms with Crippen molar-refractivity contribution >= 4 is 18.2 Å². The first kappa shape index (κ1) is 12.5. The van der Waals surface area contributed by atoms with Crippen LogP contribution < -0.4 is 29.7 Å². The van der Waals surface area contributed by atoms with Gasteiger partial charge in [-0.3, -0.25) is 0 Å². The molecule has 1 aromatic rings. The summed E-state index contributed by atoms with van der Waals surface area (Å²) in [6, 6.07) is -0.994. The average Bonchev–Trinajstić information content (AvgIpc) is 2.35. The summed E-state index contributed by atoms with van der Waals surface area (Å²) in [4.78, 5) is 15.7. The third kappa shape index (κ3) is 3.78. The molecule has 0 aliphatic rings. The van der Waals surface area contributed by atoms with Crippen LogP contribution in [0.4, 0.5) is 0 Å². The standard InChI is InChI=1S/C6H9N3O2S.Li/c7-4(5(10)11)1-3-2-8-6(12)9-3;/h2,4H,1,7H2,(H,10,11)(H2,8,9,12);/q;+1/p-1. The van der Waals surface area contributed by atoms with Crippen LogP contribution in [0, 0.1) is 4.77 Å². The molecule has 0 amide bonds. The number of carbonyl (C=O) groups is 1. The smallest absolute Gasteiger partial charge is 0.548 e. The number of carboxylic acid groups (broad SMARTS) is 1. The fraction of sp³-hybridized carbons (Fsp3) is 0.333. The second-order valence-corrected chi connectivity index (χ2v) is 2.81. The maximum atomic E-state index is 10.2. The largest absolute Gasteiger partial charge is 1.00 e. The van der Waals surface area contributed by atoms with Crippen LogP contribution in [0.15, 0.2) is 6.20 Å². The van der Waals surface area contributed by atoms with Crippen molar-refractivity contribution in [2.75, 3.05) is 0 Å². The molecule has 1 heterocycles. The third-order valence-electron chi connectivity index (χ3n) is 1.39. The Bertz CT molecular complexity index is 335. The summed E-state index contributed by atoms with van der Waals surface area (Å²) in [5.74, 6) is -1.27. The molecule has 0 bridgehead atoms. The van der Waals surface area contributed by atoms with Crippen LogP contribution in [-0.2, 0) is 11.2 Å². The number of rotatable bonds is 3. The minimum atomic E-state index is -1.27. The fourth-order valence-electron chi connectivity index (χ4n) is 0.801. The number of aliphatic carboxylic acids is 1. The SMILES string of the molecule is NC(Cc1c[nH]c(=S)[nH]1)C(=O)[O-].[Li+]. The molecule has 4 N–H and O–H groups in total. The summed E-state index contributed by atoms with van der Waals surface area (Å²) in [5.41, 5.74) is 5.89. The summed E-state index contributed by atoms with van der Waals surface area (Å²) in [5, 5.41) is 10.2. The van der Waals surface area contributed by atoms with Crippen molar-refractivity contribution in [2.24, 2.45) is 5.73 Å². The van der Waals surface area contributed by atoms with Crippen LogP contribution in [0.2, 0.25) is 0 Å². The van der Waals surface area contributed by atoms with E-state index in [1.807, 2.05) is 0 Å². The first-order chi connectivity index (χ1) is 5.59. The maximum Gasteiger partial charge on any atom is 1.00 e. The average molecular weight is 193 g/mol. The van der Waals surface area contributed by atoms with E-state index >= 15 is 0 Å². The molecule has 1 aromatic heterocycles. The summed E-state index contributed by atoms with van der Waals surface area (Å²) in [6.07, 6.45) is 1.78. The van der Waals surface area contributed by atoms with Gasteiger partial charge in [0.15, 0.2) is 4.77 Å². The molecule has 0 aliphatic carbocycles. The van der Waals surface area contributed by atoms with Gasteiger partial charge in [-0.25, -0.2) is 0 Å². The summed E-state index contributed by atoms with van der Waals surface area (Å²) in [7, 11) is 0. The van der Waals surface area contributed by atoms with Gasteiger partial charge in [0, 0.05) is 24.4 Å². The van der Waals surface area contributed by atoms with E-state index in [9.17, 15) is 9.90 Å². The molecular weight excluding hydrogens is 185 g/mol. The molecular formula is C6H8LiN3O2S. The molecule has 0 radical (unpaired) electrons. The fourth-order valence-corrected chi connectivity index (χ4v) is 0.991. The maximum absolute atomic E-state index is 10.2. The van der Waals surface area contributed by atoms with Gasteiger partial charge in [0.25, 0.3) is 0 Å². The number of nitrogens with one attached hydrogen (secondary N) is 2. The van der Waals surface area contributed by atoms with Crippen molar-refractivity contribution in [2.45, 2.75) is 12.5 Å². The summed E-state index contributed by atoms with van der Waals surface area (Å²) in [6.45, 7) is 0. The second kappa shape index (κ2) is 5.24. The van der Waals surface area contributed by atoms with Gasteiger partial charge in [-0.1, -0.05) is 0 Å². The number of hydrogen-bond acceptors (Lipinski definition) is 4. The van der Waals surface area contributed by atoms with Crippen molar-refractivity contribution in [3.05, 3.63) is 16.7 Å². The van der Waals surface area contributed by atoms with Gasteiger partial charge >= 0.3 is 18.9 Å². The van der Waals surface area contributed by atoms with E-state index in [1.165, 1.54) is 0 Å². The zero-order valence-corrected chi connectivity index (χ0v) is 7.98. The van der Waals surface area contributed by atoms with Gasteiger partial charge in [0.2, 0.25) is 0 Å². The minimum Gasteiger partial charge on any atom is -0.548 e.